The van der Waals surface area contributed by atoms with Crippen LogP contribution in [0.3, 0.4) is 0 Å². The van der Waals surface area contributed by atoms with E-state index < -0.39 is 12.2 Å². The van der Waals surface area contributed by atoms with E-state index in [1.807, 2.05) is 27.0 Å². The summed E-state index contributed by atoms with van der Waals surface area (Å²) in [5.74, 6) is -0.258. The van der Waals surface area contributed by atoms with Crippen LogP contribution in [0.5, 0.6) is 0 Å². The number of ether oxygens (including phenoxy) is 1. The molecule has 6 nitrogen and oxygen atoms in total. The molecule has 0 amide bonds. The largest absolute Gasteiger partial charge is 0.511 e. The van der Waals surface area contributed by atoms with Gasteiger partial charge in [0.2, 0.25) is 0 Å². The molecule has 0 bridgehead atoms. The lowest BCUT2D eigenvalue weighted by Gasteiger charge is -2.41. The number of Topliss-reactive ketones (excluding diaryl/α,β-unsaturated/α-hetero) is 1. The molecule has 1 fully saturated rings. The van der Waals surface area contributed by atoms with Crippen molar-refractivity contribution >= 4 is 23.3 Å². The average molecular weight is 371 g/mol. The van der Waals surface area contributed by atoms with E-state index in [-0.39, 0.29) is 41.0 Å². The first-order valence-electron chi connectivity index (χ1n) is 8.58. The molecule has 1 heterocycles. The van der Waals surface area contributed by atoms with Crippen LogP contribution in [0.4, 0.5) is 0 Å². The van der Waals surface area contributed by atoms with Crippen LogP contribution in [-0.4, -0.2) is 63.4 Å². The summed E-state index contributed by atoms with van der Waals surface area (Å²) in [6, 6.07) is -0.365. The van der Waals surface area contributed by atoms with Crippen LogP contribution in [0.1, 0.15) is 40.5 Å². The first kappa shape index (κ1) is 20.4. The fourth-order valence-corrected chi connectivity index (χ4v) is 4.47. The number of hydrogen-bond donors (Lipinski definition) is 3. The predicted octanol–water partition coefficient (Wildman–Crippen LogP) is 2.09. The van der Waals surface area contributed by atoms with Gasteiger partial charge in [-0.3, -0.25) is 9.79 Å². The molecule has 0 aromatic heterocycles. The molecule has 5 atom stereocenters. The maximum atomic E-state index is 12.5. The van der Waals surface area contributed by atoms with Gasteiger partial charge in [0.15, 0.2) is 5.78 Å². The maximum Gasteiger partial charge on any atom is 0.168 e. The van der Waals surface area contributed by atoms with Crippen LogP contribution >= 0.6 is 11.8 Å². The van der Waals surface area contributed by atoms with E-state index >= 15 is 0 Å². The second-order valence-corrected chi connectivity index (χ2v) is 8.71. The Hall–Kier alpha value is -0.890. The normalized spacial score (nSPS) is 36.7. The highest BCUT2D eigenvalue weighted by atomic mass is 32.2. The van der Waals surface area contributed by atoms with Gasteiger partial charge < -0.3 is 20.1 Å². The third-order valence-corrected chi connectivity index (χ3v) is 5.87. The zero-order chi connectivity index (χ0) is 18.9. The Morgan fingerprint density at radius 2 is 2.04 bits per heavy atom. The minimum absolute atomic E-state index is 0.0846. The zero-order valence-corrected chi connectivity index (χ0v) is 16.3. The molecule has 1 aliphatic carbocycles. The van der Waals surface area contributed by atoms with Crippen LogP contribution in [0.15, 0.2) is 16.3 Å². The van der Waals surface area contributed by atoms with E-state index in [4.69, 9.17) is 4.74 Å². The van der Waals surface area contributed by atoms with Crippen molar-refractivity contribution in [1.82, 2.24) is 0 Å². The lowest BCUT2D eigenvalue weighted by Crippen LogP contribution is -2.52. The molecule has 0 aromatic carbocycles. The van der Waals surface area contributed by atoms with Crippen LogP contribution < -0.4 is 0 Å². The Morgan fingerprint density at radius 3 is 2.56 bits per heavy atom. The Kier molecular flexibility index (Phi) is 6.35. The number of hydrogen-bond acceptors (Lipinski definition) is 7. The molecule has 2 rings (SSSR count). The molecule has 1 aliphatic heterocycles. The zero-order valence-electron chi connectivity index (χ0n) is 15.5. The number of rotatable bonds is 4. The minimum atomic E-state index is -0.835. The summed E-state index contributed by atoms with van der Waals surface area (Å²) in [5.41, 5.74) is 0.194. The number of carbonyl (C=O) groups is 1. The highest BCUT2D eigenvalue weighted by Crippen LogP contribution is 2.37. The van der Waals surface area contributed by atoms with Gasteiger partial charge in [-0.1, -0.05) is 20.8 Å². The Labute approximate surface area is 153 Å². The number of ketones is 1. The summed E-state index contributed by atoms with van der Waals surface area (Å²) in [4.78, 5) is 17.1. The van der Waals surface area contributed by atoms with Gasteiger partial charge in [-0.05, 0) is 18.6 Å². The fourth-order valence-electron chi connectivity index (χ4n) is 3.63. The first-order valence-corrected chi connectivity index (χ1v) is 9.87. The molecule has 1 saturated heterocycles. The van der Waals surface area contributed by atoms with Crippen LogP contribution in [-0.2, 0) is 9.53 Å². The molecule has 25 heavy (non-hydrogen) atoms. The van der Waals surface area contributed by atoms with E-state index in [9.17, 15) is 20.1 Å². The van der Waals surface area contributed by atoms with E-state index in [1.54, 1.807) is 6.92 Å². The molecule has 7 heteroatoms. The van der Waals surface area contributed by atoms with Gasteiger partial charge in [-0.2, -0.15) is 0 Å². The lowest BCUT2D eigenvalue weighted by atomic mass is 9.75. The SMILES string of the molecule is CSC1OC(CO)C(O)C(C)C1N=C(C)C1=C(O)CC(C)(C)CC1=O. The molecule has 0 radical (unpaired) electrons. The van der Waals surface area contributed by atoms with Crippen molar-refractivity contribution in [2.75, 3.05) is 12.9 Å². The van der Waals surface area contributed by atoms with Gasteiger partial charge in [0.05, 0.1) is 24.3 Å². The van der Waals surface area contributed by atoms with Crippen LogP contribution in [0.25, 0.3) is 0 Å². The van der Waals surface area contributed by atoms with Crippen LogP contribution in [0, 0.1) is 11.3 Å². The van der Waals surface area contributed by atoms with Gasteiger partial charge in [-0.15, -0.1) is 11.8 Å². The Balaban J connectivity index is 2.32. The summed E-state index contributed by atoms with van der Waals surface area (Å²) in [7, 11) is 0. The molecule has 5 unspecified atom stereocenters. The molecular formula is C18H29NO5S. The van der Waals surface area contributed by atoms with Gasteiger partial charge >= 0.3 is 0 Å². The smallest absolute Gasteiger partial charge is 0.168 e. The molecule has 0 saturated carbocycles. The molecule has 0 aromatic rings. The average Bonchev–Trinajstić information content (AvgIpc) is 2.50. The number of carbonyl (C=O) groups excluding carboxylic acids is 1. The van der Waals surface area contributed by atoms with Crippen molar-refractivity contribution < 1.29 is 24.9 Å². The standard InChI is InChI=1S/C18H29NO5S/c1-9-15(17(25-5)24-13(8-20)16(9)23)19-10(2)14-11(21)6-18(3,4)7-12(14)22/h9,13,15-17,20-21,23H,6-8H2,1-5H3. The van der Waals surface area contributed by atoms with Crippen molar-refractivity contribution in [3.63, 3.8) is 0 Å². The molecule has 142 valence electrons. The van der Waals surface area contributed by atoms with Crippen LogP contribution in [0.2, 0.25) is 0 Å². The van der Waals surface area contributed by atoms with Gasteiger partial charge in [-0.25, -0.2) is 0 Å². The second-order valence-electron chi connectivity index (χ2n) is 7.78. The van der Waals surface area contributed by atoms with E-state index in [2.05, 4.69) is 4.99 Å². The third kappa shape index (κ3) is 4.27. The molecule has 2 aliphatic rings. The van der Waals surface area contributed by atoms with Gasteiger partial charge in [0.25, 0.3) is 0 Å². The number of allylic oxidation sites excluding steroid dienone is 2. The molecule has 0 spiro atoms. The quantitative estimate of drug-likeness (QED) is 0.655. The predicted molar refractivity (Wildman–Crippen MR) is 99.0 cm³/mol. The van der Waals surface area contributed by atoms with Crippen molar-refractivity contribution in [2.24, 2.45) is 16.3 Å². The monoisotopic (exact) mass is 371 g/mol. The first-order chi connectivity index (χ1) is 11.6. The maximum absolute atomic E-state index is 12.5. The Bertz CT molecular complexity index is 584. The third-order valence-electron chi connectivity index (χ3n) is 5.02. The Morgan fingerprint density at radius 1 is 1.40 bits per heavy atom. The summed E-state index contributed by atoms with van der Waals surface area (Å²) in [6.07, 6.45) is 1.23. The lowest BCUT2D eigenvalue weighted by molar-refractivity contribution is -0.137. The van der Waals surface area contributed by atoms with Crippen molar-refractivity contribution in [2.45, 2.75) is 64.2 Å². The number of aliphatic hydroxyl groups is 3. The van der Waals surface area contributed by atoms with Crippen molar-refractivity contribution in [1.29, 1.82) is 0 Å². The topological polar surface area (TPSA) is 99.3 Å². The van der Waals surface area contributed by atoms with Crippen molar-refractivity contribution in [3.8, 4) is 0 Å². The number of nitrogens with zero attached hydrogens (tertiary/aromatic N) is 1. The van der Waals surface area contributed by atoms with E-state index in [1.165, 1.54) is 11.8 Å². The second kappa shape index (κ2) is 7.78. The summed E-state index contributed by atoms with van der Waals surface area (Å²) in [5, 5.41) is 30.0. The minimum Gasteiger partial charge on any atom is -0.511 e. The summed E-state index contributed by atoms with van der Waals surface area (Å²) in [6.45, 7) is 7.24. The fraction of sp³-hybridized carbons (Fsp3) is 0.778. The number of thioether (sulfide) groups is 1. The molecular weight excluding hydrogens is 342 g/mol. The molecule has 3 N–H and O–H groups in total. The summed E-state index contributed by atoms with van der Waals surface area (Å²) >= 11 is 1.45. The highest BCUT2D eigenvalue weighted by Gasteiger charge is 2.43. The summed E-state index contributed by atoms with van der Waals surface area (Å²) < 4.78 is 5.75. The van der Waals surface area contributed by atoms with E-state index in [0.717, 1.165) is 0 Å². The number of aliphatic hydroxyl groups excluding tert-OH is 3. The van der Waals surface area contributed by atoms with E-state index in [0.29, 0.717) is 24.1 Å². The van der Waals surface area contributed by atoms with Gasteiger partial charge in [0.1, 0.15) is 17.3 Å². The van der Waals surface area contributed by atoms with Crippen molar-refractivity contribution in [3.05, 3.63) is 11.3 Å². The highest BCUT2D eigenvalue weighted by molar-refractivity contribution is 7.99. The number of aliphatic imine (C=N–C) groups is 1. The van der Waals surface area contributed by atoms with Gasteiger partial charge in [0, 0.05) is 24.5 Å².